The molecule has 2 aliphatic rings. The first kappa shape index (κ1) is 35.8. The van der Waals surface area contributed by atoms with E-state index in [2.05, 4.69) is 61.5 Å². The Morgan fingerprint density at radius 3 is 2.31 bits per heavy atom. The molecule has 48 heavy (non-hydrogen) atoms. The van der Waals surface area contributed by atoms with Crippen molar-refractivity contribution in [2.75, 3.05) is 0 Å². The molecule has 0 saturated heterocycles. The van der Waals surface area contributed by atoms with Gasteiger partial charge in [-0.15, -0.1) is 17.7 Å². The fraction of sp³-hybridized carbons (Fsp3) is 0.395. The molecule has 253 valence electrons. The Bertz CT molecular complexity index is 1970. The van der Waals surface area contributed by atoms with E-state index in [0.717, 1.165) is 76.1 Å². The average Bonchev–Trinajstić information content (AvgIpc) is 3.82. The molecule has 4 aromatic carbocycles. The van der Waals surface area contributed by atoms with E-state index in [9.17, 15) is 9.90 Å². The van der Waals surface area contributed by atoms with E-state index in [-0.39, 0.29) is 43.5 Å². The van der Waals surface area contributed by atoms with Gasteiger partial charge in [0.05, 0.1) is 17.0 Å². The number of ketones is 1. The van der Waals surface area contributed by atoms with Crippen LogP contribution in [0, 0.1) is 30.7 Å². The number of hydrogen-bond acceptors (Lipinski definition) is 4. The number of furan rings is 1. The predicted molar refractivity (Wildman–Crippen MR) is 196 cm³/mol. The summed E-state index contributed by atoms with van der Waals surface area (Å²) in [6, 6.07) is 25.2. The Hall–Kier alpha value is -3.53. The first-order chi connectivity index (χ1) is 22.9. The first-order valence-corrected chi connectivity index (χ1v) is 17.8. The summed E-state index contributed by atoms with van der Waals surface area (Å²) in [6.07, 6.45) is 11.6. The Kier molecular flexibility index (Phi) is 11.8. The van der Waals surface area contributed by atoms with Gasteiger partial charge in [-0.25, -0.2) is 0 Å². The first-order valence-electron chi connectivity index (χ1n) is 17.8. The largest absolute Gasteiger partial charge is 0.512 e. The molecule has 0 spiro atoms. The SMILES string of the molecule is CCC(CC)C(=O)/C=C(\O)C(CC)CC.Cc1[c-]c(C2=Nc3ccc(CC4CCCC4)c4cccc2c34)c2oc3ccccc3c2c1.[Ir]. The number of aliphatic hydroxyl groups is 1. The fourth-order valence-electron chi connectivity index (χ4n) is 7.66. The van der Waals surface area contributed by atoms with Gasteiger partial charge in [0.2, 0.25) is 0 Å². The molecule has 1 aliphatic heterocycles. The third-order valence-electron chi connectivity index (χ3n) is 10.4. The van der Waals surface area contributed by atoms with E-state index in [4.69, 9.17) is 9.41 Å². The Balaban J connectivity index is 0.000000243. The molecule has 1 fully saturated rings. The molecule has 1 aliphatic carbocycles. The zero-order chi connectivity index (χ0) is 33.1. The van der Waals surface area contributed by atoms with E-state index in [1.165, 1.54) is 60.1 Å². The number of carbonyl (C=O) groups excluding carboxylic acids is 1. The van der Waals surface area contributed by atoms with Crippen molar-refractivity contribution in [1.29, 1.82) is 0 Å². The molecule has 0 amide bonds. The van der Waals surface area contributed by atoms with Gasteiger partial charge in [0, 0.05) is 54.5 Å². The van der Waals surface area contributed by atoms with E-state index in [1.807, 2.05) is 39.8 Å². The minimum Gasteiger partial charge on any atom is -0.512 e. The van der Waals surface area contributed by atoms with Crippen molar-refractivity contribution in [2.24, 2.45) is 22.7 Å². The van der Waals surface area contributed by atoms with Crippen molar-refractivity contribution in [3.8, 4) is 0 Å². The minimum atomic E-state index is 0. The number of para-hydroxylation sites is 1. The maximum Gasteiger partial charge on any atom is 0.162 e. The van der Waals surface area contributed by atoms with Crippen molar-refractivity contribution in [2.45, 2.75) is 92.4 Å². The molecule has 1 saturated carbocycles. The second-order valence-electron chi connectivity index (χ2n) is 13.5. The average molecular weight is 819 g/mol. The van der Waals surface area contributed by atoms with Crippen LogP contribution in [-0.2, 0) is 31.3 Å². The van der Waals surface area contributed by atoms with Gasteiger partial charge in [0.15, 0.2) is 5.78 Å². The number of benzene rings is 4. The molecule has 5 heteroatoms. The van der Waals surface area contributed by atoms with E-state index < -0.39 is 0 Å². The van der Waals surface area contributed by atoms with Gasteiger partial charge in [0.25, 0.3) is 0 Å². The minimum absolute atomic E-state index is 0. The van der Waals surface area contributed by atoms with Crippen LogP contribution in [0.4, 0.5) is 5.69 Å². The van der Waals surface area contributed by atoms with E-state index in [1.54, 1.807) is 0 Å². The summed E-state index contributed by atoms with van der Waals surface area (Å²) in [5.74, 6) is 1.38. The summed E-state index contributed by atoms with van der Waals surface area (Å²) in [5.41, 5.74) is 8.59. The summed E-state index contributed by atoms with van der Waals surface area (Å²) < 4.78 is 6.35. The van der Waals surface area contributed by atoms with Gasteiger partial charge >= 0.3 is 0 Å². The number of aliphatic hydroxyl groups excluding tert-OH is 1. The molecule has 0 unspecified atom stereocenters. The van der Waals surface area contributed by atoms with Crippen LogP contribution in [0.25, 0.3) is 32.7 Å². The number of rotatable bonds is 10. The molecule has 1 aromatic heterocycles. The van der Waals surface area contributed by atoms with Crippen LogP contribution in [0.5, 0.6) is 0 Å². The Morgan fingerprint density at radius 1 is 0.917 bits per heavy atom. The maximum absolute atomic E-state index is 11.7. The monoisotopic (exact) mass is 819 g/mol. The quantitative estimate of drug-likeness (QED) is 0.0851. The molecule has 4 nitrogen and oxygen atoms in total. The summed E-state index contributed by atoms with van der Waals surface area (Å²) in [5, 5.41) is 14.7. The number of carbonyl (C=O) groups is 1. The van der Waals surface area contributed by atoms with Gasteiger partial charge in [-0.05, 0) is 66.7 Å². The smallest absolute Gasteiger partial charge is 0.162 e. The molecule has 0 atom stereocenters. The van der Waals surface area contributed by atoms with Crippen LogP contribution in [0.2, 0.25) is 0 Å². The molecular weight excluding hydrogens is 771 g/mol. The molecule has 0 bridgehead atoms. The molecule has 7 rings (SSSR count). The standard InChI is InChI=1S/C30H24NO.C13H24O2.Ir/c1-18-15-24-22-9-4-5-12-27(22)32-30(24)25(16-18)29-23-11-6-10-21-20(17-19-7-2-3-8-19)13-14-26(31-29)28(21)23;1-5-10(6-2)12(14)9-13(15)11(7-3)8-4;/h4-6,9-15,19H,2-3,7-8,17H2,1H3;9-11,14H,5-8H2,1-4H3;/q-1;;/b;12-9-;. The number of aryl methyl sites for hydroxylation is 1. The van der Waals surface area contributed by atoms with Gasteiger partial charge in [0.1, 0.15) is 5.58 Å². The van der Waals surface area contributed by atoms with Gasteiger partial charge in [-0.2, -0.15) is 0 Å². The van der Waals surface area contributed by atoms with Crippen molar-refractivity contribution in [1.82, 2.24) is 0 Å². The molecule has 5 aromatic rings. The summed E-state index contributed by atoms with van der Waals surface area (Å²) in [6.45, 7) is 10.2. The molecule has 2 heterocycles. The summed E-state index contributed by atoms with van der Waals surface area (Å²) >= 11 is 0. The van der Waals surface area contributed by atoms with Gasteiger partial charge in [-0.1, -0.05) is 114 Å². The number of aliphatic imine (C=N–C) groups is 1. The van der Waals surface area contributed by atoms with Crippen LogP contribution in [0.1, 0.15) is 101 Å². The van der Waals surface area contributed by atoms with Gasteiger partial charge < -0.3 is 9.52 Å². The van der Waals surface area contributed by atoms with Crippen molar-refractivity contribution >= 4 is 49.9 Å². The summed E-state index contributed by atoms with van der Waals surface area (Å²) in [4.78, 5) is 16.8. The van der Waals surface area contributed by atoms with Crippen molar-refractivity contribution in [3.63, 3.8) is 0 Å². The van der Waals surface area contributed by atoms with E-state index >= 15 is 0 Å². The number of allylic oxidation sites excluding steroid dienone is 2. The van der Waals surface area contributed by atoms with Crippen LogP contribution in [-0.4, -0.2) is 16.6 Å². The second kappa shape index (κ2) is 15.8. The third kappa shape index (κ3) is 7.09. The van der Waals surface area contributed by atoms with Crippen LogP contribution in [0.15, 0.2) is 81.9 Å². The summed E-state index contributed by atoms with van der Waals surface area (Å²) in [7, 11) is 0. The number of nitrogens with zero attached hydrogens (tertiary/aromatic N) is 1. The van der Waals surface area contributed by atoms with Crippen LogP contribution in [0.3, 0.4) is 0 Å². The van der Waals surface area contributed by atoms with Gasteiger partial charge in [-0.3, -0.25) is 9.79 Å². The van der Waals surface area contributed by atoms with E-state index in [0.29, 0.717) is 0 Å². The fourth-order valence-corrected chi connectivity index (χ4v) is 7.66. The second-order valence-corrected chi connectivity index (χ2v) is 13.5. The topological polar surface area (TPSA) is 62.8 Å². The predicted octanol–water partition coefficient (Wildman–Crippen LogP) is 11.9. The van der Waals surface area contributed by atoms with Crippen LogP contribution >= 0.6 is 0 Å². The maximum atomic E-state index is 11.7. The zero-order valence-corrected chi connectivity index (χ0v) is 31.4. The third-order valence-corrected chi connectivity index (χ3v) is 10.4. The van der Waals surface area contributed by atoms with Crippen LogP contribution < -0.4 is 0 Å². The molecular formula is C43H48IrNO3-. The number of hydrogen-bond donors (Lipinski definition) is 1. The zero-order valence-electron chi connectivity index (χ0n) is 29.0. The van der Waals surface area contributed by atoms with Crippen molar-refractivity contribution < 1.29 is 34.4 Å². The Labute approximate surface area is 299 Å². The Morgan fingerprint density at radius 2 is 1.60 bits per heavy atom. The molecule has 1 radical (unpaired) electrons. The number of fused-ring (bicyclic) bond motifs is 3. The normalized spacial score (nSPS) is 14.6. The molecule has 1 N–H and O–H groups in total. The van der Waals surface area contributed by atoms with Crippen molar-refractivity contribution in [3.05, 3.63) is 101 Å².